The van der Waals surface area contributed by atoms with Gasteiger partial charge >= 0.3 is 0 Å². The Hall–Kier alpha value is -1.32. The van der Waals surface area contributed by atoms with Crippen molar-refractivity contribution in [2.24, 2.45) is 5.73 Å². The molecule has 0 aliphatic heterocycles. The molecule has 3 heteroatoms. The average Bonchev–Trinajstić information content (AvgIpc) is 2.40. The van der Waals surface area contributed by atoms with Crippen LogP contribution in [0.1, 0.15) is 17.2 Å². The van der Waals surface area contributed by atoms with Crippen LogP contribution in [0.3, 0.4) is 0 Å². The van der Waals surface area contributed by atoms with Crippen LogP contribution in [0.2, 0.25) is 0 Å². The van der Waals surface area contributed by atoms with Crippen molar-refractivity contribution in [1.29, 1.82) is 0 Å². The van der Waals surface area contributed by atoms with E-state index in [2.05, 4.69) is 41.6 Å². The monoisotopic (exact) mass is 244 g/mol. The van der Waals surface area contributed by atoms with Crippen molar-refractivity contribution in [3.05, 3.63) is 59.9 Å². The molecular formula is C14H16N2S. The van der Waals surface area contributed by atoms with Crippen LogP contribution in [-0.2, 0) is 6.42 Å². The van der Waals surface area contributed by atoms with Gasteiger partial charge in [-0.1, -0.05) is 18.2 Å². The van der Waals surface area contributed by atoms with Gasteiger partial charge in [0.15, 0.2) is 0 Å². The second-order valence-corrected chi connectivity index (χ2v) is 4.82. The molecule has 1 heterocycles. The van der Waals surface area contributed by atoms with Gasteiger partial charge in [-0.05, 0) is 42.0 Å². The molecule has 0 aliphatic carbocycles. The lowest BCUT2D eigenvalue weighted by atomic mass is 10.0. The number of hydrogen-bond donors (Lipinski definition) is 1. The van der Waals surface area contributed by atoms with Gasteiger partial charge in [0.1, 0.15) is 0 Å². The first-order valence-corrected chi connectivity index (χ1v) is 6.80. The largest absolute Gasteiger partial charge is 0.324 e. The summed E-state index contributed by atoms with van der Waals surface area (Å²) >= 11 is 1.74. The Morgan fingerprint density at radius 3 is 2.59 bits per heavy atom. The first-order chi connectivity index (χ1) is 8.29. The minimum absolute atomic E-state index is 0.0371. The molecule has 17 heavy (non-hydrogen) atoms. The summed E-state index contributed by atoms with van der Waals surface area (Å²) in [7, 11) is 0. The van der Waals surface area contributed by atoms with E-state index in [0.29, 0.717) is 0 Å². The molecule has 88 valence electrons. The maximum atomic E-state index is 6.18. The number of aromatic nitrogens is 1. The van der Waals surface area contributed by atoms with Gasteiger partial charge in [-0.3, -0.25) is 4.98 Å². The molecule has 0 saturated heterocycles. The topological polar surface area (TPSA) is 38.9 Å². The summed E-state index contributed by atoms with van der Waals surface area (Å²) in [4.78, 5) is 5.37. The zero-order chi connectivity index (χ0) is 12.1. The maximum Gasteiger partial charge on any atom is 0.0336 e. The van der Waals surface area contributed by atoms with E-state index in [1.165, 1.54) is 16.0 Å². The Bertz CT molecular complexity index is 453. The smallest absolute Gasteiger partial charge is 0.0336 e. The number of hydrogen-bond acceptors (Lipinski definition) is 3. The molecule has 1 aromatic heterocycles. The van der Waals surface area contributed by atoms with Crippen molar-refractivity contribution in [1.82, 2.24) is 4.98 Å². The highest BCUT2D eigenvalue weighted by molar-refractivity contribution is 7.98. The van der Waals surface area contributed by atoms with Crippen LogP contribution < -0.4 is 5.73 Å². The maximum absolute atomic E-state index is 6.18. The van der Waals surface area contributed by atoms with Gasteiger partial charge in [0.25, 0.3) is 0 Å². The first-order valence-electron chi connectivity index (χ1n) is 5.58. The van der Waals surface area contributed by atoms with E-state index >= 15 is 0 Å². The molecule has 0 saturated carbocycles. The quantitative estimate of drug-likeness (QED) is 0.840. The lowest BCUT2D eigenvalue weighted by molar-refractivity contribution is 0.719. The molecule has 2 rings (SSSR count). The molecule has 1 unspecified atom stereocenters. The Labute approximate surface area is 106 Å². The molecule has 0 spiro atoms. The van der Waals surface area contributed by atoms with Crippen LogP contribution in [0.15, 0.2) is 53.7 Å². The third kappa shape index (κ3) is 3.32. The van der Waals surface area contributed by atoms with Crippen molar-refractivity contribution in [2.75, 3.05) is 6.26 Å². The van der Waals surface area contributed by atoms with E-state index in [-0.39, 0.29) is 6.04 Å². The van der Waals surface area contributed by atoms with Crippen LogP contribution in [0, 0.1) is 0 Å². The van der Waals surface area contributed by atoms with Crippen molar-refractivity contribution in [2.45, 2.75) is 17.4 Å². The zero-order valence-electron chi connectivity index (χ0n) is 9.84. The second-order valence-electron chi connectivity index (χ2n) is 3.95. The summed E-state index contributed by atoms with van der Waals surface area (Å²) in [5.74, 6) is 0. The highest BCUT2D eigenvalue weighted by atomic mass is 32.2. The molecule has 0 fully saturated rings. The van der Waals surface area contributed by atoms with Crippen LogP contribution in [0.5, 0.6) is 0 Å². The van der Waals surface area contributed by atoms with Gasteiger partial charge in [-0.2, -0.15) is 0 Å². The Morgan fingerprint density at radius 1 is 1.24 bits per heavy atom. The number of benzene rings is 1. The van der Waals surface area contributed by atoms with Crippen LogP contribution in [0.4, 0.5) is 0 Å². The molecule has 0 amide bonds. The van der Waals surface area contributed by atoms with Crippen LogP contribution in [-0.4, -0.2) is 11.2 Å². The van der Waals surface area contributed by atoms with Gasteiger partial charge < -0.3 is 5.73 Å². The lowest BCUT2D eigenvalue weighted by Crippen LogP contribution is -2.13. The summed E-state index contributed by atoms with van der Waals surface area (Å²) in [5, 5.41) is 0. The van der Waals surface area contributed by atoms with E-state index < -0.39 is 0 Å². The Balaban J connectivity index is 2.06. The number of pyridine rings is 1. The fraction of sp³-hybridized carbons (Fsp3) is 0.214. The van der Waals surface area contributed by atoms with E-state index in [0.717, 1.165) is 6.42 Å². The van der Waals surface area contributed by atoms with Gasteiger partial charge in [0.2, 0.25) is 0 Å². The summed E-state index contributed by atoms with van der Waals surface area (Å²) < 4.78 is 0. The van der Waals surface area contributed by atoms with Gasteiger partial charge in [-0.15, -0.1) is 11.8 Å². The molecule has 1 atom stereocenters. The fourth-order valence-electron chi connectivity index (χ4n) is 1.74. The van der Waals surface area contributed by atoms with E-state index in [4.69, 9.17) is 5.73 Å². The molecule has 2 nitrogen and oxygen atoms in total. The summed E-state index contributed by atoms with van der Waals surface area (Å²) in [6.45, 7) is 0. The molecule has 0 radical (unpaired) electrons. The van der Waals surface area contributed by atoms with Crippen LogP contribution in [0.25, 0.3) is 0 Å². The SMILES string of the molecule is CSc1ccc(C(N)Cc2cccnc2)cc1. The number of nitrogens with zero attached hydrogens (tertiary/aromatic N) is 1. The fourth-order valence-corrected chi connectivity index (χ4v) is 2.15. The van der Waals surface area contributed by atoms with Crippen molar-refractivity contribution < 1.29 is 0 Å². The number of rotatable bonds is 4. The lowest BCUT2D eigenvalue weighted by Gasteiger charge is -2.12. The molecule has 2 N–H and O–H groups in total. The van der Waals surface area contributed by atoms with Crippen LogP contribution >= 0.6 is 11.8 Å². The van der Waals surface area contributed by atoms with Gasteiger partial charge in [0, 0.05) is 23.3 Å². The number of thioether (sulfide) groups is 1. The molecule has 1 aromatic carbocycles. The Morgan fingerprint density at radius 2 is 2.00 bits per heavy atom. The van der Waals surface area contributed by atoms with Gasteiger partial charge in [0.05, 0.1) is 0 Å². The third-order valence-corrected chi connectivity index (χ3v) is 3.47. The number of nitrogens with two attached hydrogens (primary N) is 1. The molecule has 2 aromatic rings. The van der Waals surface area contributed by atoms with E-state index in [1.54, 1.807) is 18.0 Å². The highest BCUT2D eigenvalue weighted by Gasteiger charge is 2.06. The predicted molar refractivity (Wildman–Crippen MR) is 73.1 cm³/mol. The van der Waals surface area contributed by atoms with E-state index in [9.17, 15) is 0 Å². The minimum atomic E-state index is 0.0371. The average molecular weight is 244 g/mol. The summed E-state index contributed by atoms with van der Waals surface area (Å²) in [6.07, 6.45) is 6.55. The molecule has 0 bridgehead atoms. The predicted octanol–water partition coefficient (Wildman–Crippen LogP) is 3.05. The normalized spacial score (nSPS) is 12.4. The summed E-state index contributed by atoms with van der Waals surface area (Å²) in [6, 6.07) is 12.5. The zero-order valence-corrected chi connectivity index (χ0v) is 10.7. The van der Waals surface area contributed by atoms with Crippen molar-refractivity contribution >= 4 is 11.8 Å². The van der Waals surface area contributed by atoms with Crippen molar-refractivity contribution in [3.63, 3.8) is 0 Å². The Kier molecular flexibility index (Phi) is 4.18. The highest BCUT2D eigenvalue weighted by Crippen LogP contribution is 2.20. The van der Waals surface area contributed by atoms with Gasteiger partial charge in [-0.25, -0.2) is 0 Å². The molecule has 0 aliphatic rings. The third-order valence-electron chi connectivity index (χ3n) is 2.72. The summed E-state index contributed by atoms with van der Waals surface area (Å²) in [5.41, 5.74) is 8.53. The van der Waals surface area contributed by atoms with E-state index in [1.807, 2.05) is 12.3 Å². The standard InChI is InChI=1S/C14H16N2S/c1-17-13-6-4-12(5-7-13)14(15)9-11-3-2-8-16-10-11/h2-8,10,14H,9,15H2,1H3. The first kappa shape index (κ1) is 12.1. The molecular weight excluding hydrogens is 228 g/mol. The second kappa shape index (κ2) is 5.84. The van der Waals surface area contributed by atoms with Crippen molar-refractivity contribution in [3.8, 4) is 0 Å². The minimum Gasteiger partial charge on any atom is -0.324 e.